The molecule has 2 aliphatic heterocycles. The summed E-state index contributed by atoms with van der Waals surface area (Å²) in [5, 5.41) is 15.6. The molecule has 1 aromatic heterocycles. The minimum Gasteiger partial charge on any atom is -0.388 e. The number of sulfonamides is 1. The molecule has 3 aromatic rings. The summed E-state index contributed by atoms with van der Waals surface area (Å²) >= 11 is 0. The SMILES string of the molecule is CC1(O)CN(CC2CCN(S(=O)(=O)c3ccc(Nc4ncc(F)c(Nc5ccc(F)cc5)n4)cc3)CC2)C1. The van der Waals surface area contributed by atoms with Crippen LogP contribution in [0.1, 0.15) is 19.8 Å². The maximum atomic E-state index is 14.2. The van der Waals surface area contributed by atoms with Crippen LogP contribution in [0.4, 0.5) is 31.9 Å². The summed E-state index contributed by atoms with van der Waals surface area (Å²) in [7, 11) is -3.63. The zero-order valence-electron chi connectivity index (χ0n) is 20.9. The summed E-state index contributed by atoms with van der Waals surface area (Å²) in [6, 6.07) is 11.7. The van der Waals surface area contributed by atoms with Crippen molar-refractivity contribution in [3.05, 3.63) is 66.4 Å². The fourth-order valence-electron chi connectivity index (χ4n) is 4.92. The number of rotatable bonds is 8. The van der Waals surface area contributed by atoms with Crippen LogP contribution in [0.3, 0.4) is 0 Å². The van der Waals surface area contributed by atoms with Crippen molar-refractivity contribution < 1.29 is 22.3 Å². The van der Waals surface area contributed by atoms with Crippen molar-refractivity contribution in [1.29, 1.82) is 0 Å². The molecule has 2 saturated heterocycles. The van der Waals surface area contributed by atoms with Gasteiger partial charge in [0.25, 0.3) is 0 Å². The number of aliphatic hydroxyl groups is 1. The normalized spacial score (nSPS) is 18.6. The van der Waals surface area contributed by atoms with Gasteiger partial charge < -0.3 is 15.7 Å². The zero-order chi connectivity index (χ0) is 26.9. The molecule has 3 heterocycles. The number of nitrogens with zero attached hydrogens (tertiary/aromatic N) is 4. The topological polar surface area (TPSA) is 111 Å². The van der Waals surface area contributed by atoms with Crippen molar-refractivity contribution >= 4 is 33.2 Å². The lowest BCUT2D eigenvalue weighted by Crippen LogP contribution is -2.61. The van der Waals surface area contributed by atoms with E-state index in [0.717, 1.165) is 25.6 Å². The molecule has 5 rings (SSSR count). The molecule has 202 valence electrons. The Labute approximate surface area is 220 Å². The molecular weight excluding hydrogens is 514 g/mol. The molecule has 2 aliphatic rings. The van der Waals surface area contributed by atoms with Crippen LogP contribution >= 0.6 is 0 Å². The second kappa shape index (κ2) is 10.5. The third-order valence-corrected chi connectivity index (χ3v) is 8.73. The highest BCUT2D eigenvalue weighted by Gasteiger charge is 2.38. The molecule has 0 atom stereocenters. The maximum Gasteiger partial charge on any atom is 0.243 e. The molecule has 9 nitrogen and oxygen atoms in total. The first-order valence-corrected chi connectivity index (χ1v) is 13.9. The largest absolute Gasteiger partial charge is 0.388 e. The van der Waals surface area contributed by atoms with E-state index in [4.69, 9.17) is 0 Å². The molecule has 0 unspecified atom stereocenters. The van der Waals surface area contributed by atoms with Crippen LogP contribution in [0.5, 0.6) is 0 Å². The lowest BCUT2D eigenvalue weighted by Gasteiger charge is -2.46. The number of β-amino-alcohol motifs (C(OH)–C–C–N with tert-alkyl or cyclic N) is 1. The molecule has 0 saturated carbocycles. The highest BCUT2D eigenvalue weighted by atomic mass is 32.2. The summed E-state index contributed by atoms with van der Waals surface area (Å²) in [5.74, 6) is -0.646. The molecule has 12 heteroatoms. The van der Waals surface area contributed by atoms with E-state index in [0.29, 0.717) is 43.5 Å². The number of aromatic nitrogens is 2. The van der Waals surface area contributed by atoms with E-state index >= 15 is 0 Å². The van der Waals surface area contributed by atoms with Gasteiger partial charge in [-0.1, -0.05) is 0 Å². The Hall–Kier alpha value is -3.19. The molecule has 0 bridgehead atoms. The molecule has 0 radical (unpaired) electrons. The molecule has 0 spiro atoms. The minimum atomic E-state index is -3.63. The van der Waals surface area contributed by atoms with Gasteiger partial charge in [-0.3, -0.25) is 4.90 Å². The zero-order valence-corrected chi connectivity index (χ0v) is 21.8. The molecule has 2 fully saturated rings. The molecule has 0 amide bonds. The molecule has 2 aromatic carbocycles. The van der Waals surface area contributed by atoms with E-state index in [1.54, 1.807) is 12.1 Å². The van der Waals surface area contributed by atoms with Crippen LogP contribution < -0.4 is 10.6 Å². The minimum absolute atomic E-state index is 0.0869. The average Bonchev–Trinajstić information content (AvgIpc) is 2.87. The van der Waals surface area contributed by atoms with Crippen LogP contribution in [-0.4, -0.2) is 71.0 Å². The second-order valence-corrected chi connectivity index (χ2v) is 12.1. The highest BCUT2D eigenvalue weighted by Crippen LogP contribution is 2.28. The Kier molecular flexibility index (Phi) is 7.32. The monoisotopic (exact) mass is 544 g/mol. The maximum absolute atomic E-state index is 14.2. The van der Waals surface area contributed by atoms with Crippen LogP contribution in [0, 0.1) is 17.6 Å². The lowest BCUT2D eigenvalue weighted by atomic mass is 9.91. The van der Waals surface area contributed by atoms with Gasteiger partial charge in [0.1, 0.15) is 5.82 Å². The predicted molar refractivity (Wildman–Crippen MR) is 140 cm³/mol. The Bertz CT molecular complexity index is 1370. The summed E-state index contributed by atoms with van der Waals surface area (Å²) in [5.41, 5.74) is 0.395. The van der Waals surface area contributed by atoms with E-state index in [9.17, 15) is 22.3 Å². The fourth-order valence-corrected chi connectivity index (χ4v) is 6.39. The average molecular weight is 545 g/mol. The van der Waals surface area contributed by atoms with Crippen LogP contribution in [0.2, 0.25) is 0 Å². The predicted octanol–water partition coefficient (Wildman–Crippen LogP) is 3.71. The van der Waals surface area contributed by atoms with E-state index in [1.165, 1.54) is 40.7 Å². The number of hydrogen-bond donors (Lipinski definition) is 3. The van der Waals surface area contributed by atoms with Crippen molar-refractivity contribution in [3.8, 4) is 0 Å². The van der Waals surface area contributed by atoms with Crippen molar-refractivity contribution in [2.75, 3.05) is 43.4 Å². The molecule has 38 heavy (non-hydrogen) atoms. The van der Waals surface area contributed by atoms with Crippen molar-refractivity contribution in [2.45, 2.75) is 30.3 Å². The van der Waals surface area contributed by atoms with E-state index in [2.05, 4.69) is 25.5 Å². The van der Waals surface area contributed by atoms with Gasteiger partial charge in [0.05, 0.1) is 16.7 Å². The van der Waals surface area contributed by atoms with E-state index < -0.39 is 27.3 Å². The van der Waals surface area contributed by atoms with E-state index in [-0.39, 0.29) is 16.7 Å². The number of nitrogens with one attached hydrogen (secondary N) is 2. The first kappa shape index (κ1) is 26.4. The lowest BCUT2D eigenvalue weighted by molar-refractivity contribution is -0.0900. The number of likely N-dealkylation sites (tertiary alicyclic amines) is 1. The van der Waals surface area contributed by atoms with Crippen LogP contribution in [0.15, 0.2) is 59.6 Å². The molecule has 0 aliphatic carbocycles. The first-order chi connectivity index (χ1) is 18.1. The second-order valence-electron chi connectivity index (χ2n) is 10.2. The van der Waals surface area contributed by atoms with Gasteiger partial charge >= 0.3 is 0 Å². The Morgan fingerprint density at radius 3 is 2.24 bits per heavy atom. The molecule has 3 N–H and O–H groups in total. The van der Waals surface area contributed by atoms with Crippen molar-refractivity contribution in [3.63, 3.8) is 0 Å². The molecular formula is C26H30F2N6O3S. The Balaban J connectivity index is 1.18. The first-order valence-electron chi connectivity index (χ1n) is 12.4. The van der Waals surface area contributed by atoms with Crippen LogP contribution in [-0.2, 0) is 10.0 Å². The van der Waals surface area contributed by atoms with Gasteiger partial charge in [0, 0.05) is 44.1 Å². The third kappa shape index (κ3) is 6.09. The number of piperidine rings is 1. The van der Waals surface area contributed by atoms with Crippen LogP contribution in [0.25, 0.3) is 0 Å². The smallest absolute Gasteiger partial charge is 0.243 e. The number of benzene rings is 2. The third-order valence-electron chi connectivity index (χ3n) is 6.82. The van der Waals surface area contributed by atoms with Crippen molar-refractivity contribution in [2.24, 2.45) is 5.92 Å². The number of anilines is 4. The summed E-state index contributed by atoms with van der Waals surface area (Å²) in [6.45, 7) is 4.98. The van der Waals surface area contributed by atoms with Gasteiger partial charge in [-0.15, -0.1) is 0 Å². The number of hydrogen-bond acceptors (Lipinski definition) is 8. The Morgan fingerprint density at radius 1 is 1.00 bits per heavy atom. The van der Waals surface area contributed by atoms with Gasteiger partial charge in [0.2, 0.25) is 16.0 Å². The number of halogens is 2. The summed E-state index contributed by atoms with van der Waals surface area (Å²) in [6.07, 6.45) is 2.58. The summed E-state index contributed by atoms with van der Waals surface area (Å²) < 4.78 is 55.2. The highest BCUT2D eigenvalue weighted by molar-refractivity contribution is 7.89. The van der Waals surface area contributed by atoms with Gasteiger partial charge in [0.15, 0.2) is 11.6 Å². The van der Waals surface area contributed by atoms with Crippen molar-refractivity contribution in [1.82, 2.24) is 19.2 Å². The quantitative estimate of drug-likeness (QED) is 0.394. The fraction of sp³-hybridized carbons (Fsp3) is 0.385. The van der Waals surface area contributed by atoms with E-state index in [1.807, 2.05) is 6.92 Å². The summed E-state index contributed by atoms with van der Waals surface area (Å²) in [4.78, 5) is 10.5. The van der Waals surface area contributed by atoms with Gasteiger partial charge in [-0.05, 0) is 74.2 Å². The van der Waals surface area contributed by atoms with Gasteiger partial charge in [-0.25, -0.2) is 22.2 Å². The Morgan fingerprint density at radius 2 is 1.61 bits per heavy atom. The van der Waals surface area contributed by atoms with Gasteiger partial charge in [-0.2, -0.15) is 9.29 Å². The standard InChI is InChI=1S/C26H30F2N6O3S/c1-26(35)16-33(17-26)15-18-10-12-34(13-11-18)38(36,37)22-8-6-21(7-9-22)31-25-29-14-23(28)24(32-25)30-20-4-2-19(27)3-5-20/h2-9,14,18,35H,10-13,15-17H2,1H3,(H2,29,30,31,32).